The standard InChI is InChI=1S/2Na.H2O8S2/c;;1-9(2,3)7-8-10(4,5)6/h;;(H,1,2,3)(H,4,5,6)/q2*+1;/p-1. The zero-order valence-electron chi connectivity index (χ0n) is 6.12. The third-order valence-corrected chi connectivity index (χ3v) is 0.758. The first kappa shape index (κ1) is 19.3. The Hall–Kier alpha value is 1.74. The topological polar surface area (TPSA) is 130 Å². The van der Waals surface area contributed by atoms with Crippen LogP contribution in [0.15, 0.2) is 0 Å². The van der Waals surface area contributed by atoms with E-state index in [1.54, 1.807) is 0 Å². The summed E-state index contributed by atoms with van der Waals surface area (Å²) in [6.45, 7) is 0. The van der Waals surface area contributed by atoms with Crippen LogP contribution in [0.5, 0.6) is 0 Å². The SMILES string of the molecule is O=S(=O)([O-])OOS(=O)(=O)O.[Na+].[Na+]. The largest absolute Gasteiger partial charge is 1.00 e. The zero-order valence-corrected chi connectivity index (χ0v) is 11.8. The van der Waals surface area contributed by atoms with Gasteiger partial charge in [-0.25, -0.2) is 8.42 Å². The predicted octanol–water partition coefficient (Wildman–Crippen LogP) is -7.79. The van der Waals surface area contributed by atoms with E-state index in [0.717, 1.165) is 0 Å². The summed E-state index contributed by atoms with van der Waals surface area (Å²) in [6.07, 6.45) is 0. The molecule has 0 atom stereocenters. The van der Waals surface area contributed by atoms with E-state index < -0.39 is 20.8 Å². The van der Waals surface area contributed by atoms with E-state index >= 15 is 0 Å². The van der Waals surface area contributed by atoms with Crippen molar-refractivity contribution in [2.45, 2.75) is 0 Å². The van der Waals surface area contributed by atoms with E-state index in [1.165, 1.54) is 0 Å². The Morgan fingerprint density at radius 1 is 1.00 bits per heavy atom. The molecule has 8 nitrogen and oxygen atoms in total. The normalized spacial score (nSPS) is 11.2. The van der Waals surface area contributed by atoms with Gasteiger partial charge in [-0.1, -0.05) is 8.67 Å². The monoisotopic (exact) mass is 239 g/mol. The molecule has 0 unspecified atom stereocenters. The first-order chi connectivity index (χ1) is 4.21. The smallest absolute Gasteiger partial charge is 0.724 e. The minimum atomic E-state index is -5.27. The Balaban J connectivity index is -0.000000405. The van der Waals surface area contributed by atoms with Gasteiger partial charge in [-0.2, -0.15) is 8.42 Å². The molecule has 0 heterocycles. The molecule has 0 aromatic rings. The van der Waals surface area contributed by atoms with Gasteiger partial charge in [-0.05, 0) is 0 Å². The molecule has 0 amide bonds. The second-order valence-electron chi connectivity index (χ2n) is 0.972. The van der Waals surface area contributed by atoms with Crippen LogP contribution in [0.4, 0.5) is 0 Å². The van der Waals surface area contributed by atoms with E-state index in [0.29, 0.717) is 0 Å². The van der Waals surface area contributed by atoms with Crippen LogP contribution in [0.2, 0.25) is 0 Å². The molecular formula is HNa2O8S2+. The van der Waals surface area contributed by atoms with Gasteiger partial charge in [0, 0.05) is 0 Å². The predicted molar refractivity (Wildman–Crippen MR) is 23.4 cm³/mol. The first-order valence-electron chi connectivity index (χ1n) is 1.52. The van der Waals surface area contributed by atoms with Gasteiger partial charge in [0.25, 0.3) is 0 Å². The third-order valence-electron chi connectivity index (χ3n) is 0.197. The Kier molecular flexibility index (Phi) is 11.4. The molecule has 0 aromatic heterocycles. The molecule has 0 aromatic carbocycles. The fourth-order valence-electron chi connectivity index (χ4n) is 0.0691. The molecule has 0 fully saturated rings. The summed E-state index contributed by atoms with van der Waals surface area (Å²) in [5.41, 5.74) is 0. The molecule has 0 aliphatic heterocycles. The van der Waals surface area contributed by atoms with Gasteiger partial charge in [-0.3, -0.25) is 4.55 Å². The van der Waals surface area contributed by atoms with Crippen molar-refractivity contribution in [1.29, 1.82) is 0 Å². The van der Waals surface area contributed by atoms with Gasteiger partial charge in [0.2, 0.25) is 10.4 Å². The van der Waals surface area contributed by atoms with Crippen molar-refractivity contribution in [2.75, 3.05) is 0 Å². The summed E-state index contributed by atoms with van der Waals surface area (Å²) in [5.74, 6) is 0. The van der Waals surface area contributed by atoms with Gasteiger partial charge in [0.1, 0.15) is 0 Å². The molecule has 12 heteroatoms. The maximum Gasteiger partial charge on any atom is 1.00 e. The quantitative estimate of drug-likeness (QED) is 0.169. The molecular weight excluding hydrogens is 238 g/mol. The van der Waals surface area contributed by atoms with Crippen molar-refractivity contribution >= 4 is 20.8 Å². The van der Waals surface area contributed by atoms with Crippen molar-refractivity contribution in [3.05, 3.63) is 0 Å². The van der Waals surface area contributed by atoms with Crippen LogP contribution in [0, 0.1) is 0 Å². The summed E-state index contributed by atoms with van der Waals surface area (Å²) in [4.78, 5) is 0. The number of rotatable bonds is 3. The molecule has 12 heavy (non-hydrogen) atoms. The molecule has 0 spiro atoms. The average Bonchev–Trinajstić information content (AvgIpc) is 1.57. The molecule has 0 rings (SSSR count). The van der Waals surface area contributed by atoms with Crippen LogP contribution >= 0.6 is 0 Å². The average molecular weight is 239 g/mol. The minimum absolute atomic E-state index is 0. The molecule has 62 valence electrons. The van der Waals surface area contributed by atoms with E-state index in [4.69, 9.17) is 4.55 Å². The van der Waals surface area contributed by atoms with Crippen molar-refractivity contribution in [3.8, 4) is 0 Å². The Morgan fingerprint density at radius 2 is 1.33 bits per heavy atom. The van der Waals surface area contributed by atoms with Crippen LogP contribution < -0.4 is 59.1 Å². The zero-order chi connectivity index (χ0) is 8.41. The van der Waals surface area contributed by atoms with Gasteiger partial charge < -0.3 is 4.55 Å². The maximum atomic E-state index is 9.48. The Labute approximate surface area is 113 Å². The summed E-state index contributed by atoms with van der Waals surface area (Å²) in [6, 6.07) is 0. The van der Waals surface area contributed by atoms with Crippen LogP contribution in [0.25, 0.3) is 0 Å². The van der Waals surface area contributed by atoms with E-state index in [-0.39, 0.29) is 59.1 Å². The molecule has 0 saturated heterocycles. The molecule has 1 N–H and O–H groups in total. The third kappa shape index (κ3) is 17.7. The summed E-state index contributed by atoms with van der Waals surface area (Å²) in [7, 11) is -10.3. The Bertz CT molecular complexity index is 251. The maximum absolute atomic E-state index is 9.48. The van der Waals surface area contributed by atoms with Crippen molar-refractivity contribution in [1.82, 2.24) is 0 Å². The molecule has 0 radical (unpaired) electrons. The molecule has 0 saturated carbocycles. The van der Waals surface area contributed by atoms with Gasteiger partial charge in [0.15, 0.2) is 0 Å². The van der Waals surface area contributed by atoms with E-state index in [2.05, 4.69) is 8.67 Å². The fraction of sp³-hybridized carbons (Fsp3) is 0. The Morgan fingerprint density at radius 3 is 1.42 bits per heavy atom. The number of hydrogen-bond donors (Lipinski definition) is 1. The first-order valence-corrected chi connectivity index (χ1v) is 4.21. The van der Waals surface area contributed by atoms with E-state index in [1.807, 2.05) is 0 Å². The van der Waals surface area contributed by atoms with Gasteiger partial charge in [-0.15, -0.1) is 0 Å². The second-order valence-corrected chi connectivity index (χ2v) is 2.92. The van der Waals surface area contributed by atoms with Crippen LogP contribution in [-0.4, -0.2) is 25.9 Å². The van der Waals surface area contributed by atoms with E-state index in [9.17, 15) is 21.4 Å². The molecule has 0 aliphatic rings. The molecule has 0 bridgehead atoms. The van der Waals surface area contributed by atoms with Crippen LogP contribution in [0.1, 0.15) is 0 Å². The summed E-state index contributed by atoms with van der Waals surface area (Å²) in [5, 5.41) is 0. The van der Waals surface area contributed by atoms with Crippen LogP contribution in [-0.2, 0) is 29.5 Å². The molecule has 0 aliphatic carbocycles. The second kappa shape index (κ2) is 7.09. The van der Waals surface area contributed by atoms with Crippen molar-refractivity contribution in [2.24, 2.45) is 0 Å². The van der Waals surface area contributed by atoms with Gasteiger partial charge >= 0.3 is 69.5 Å². The van der Waals surface area contributed by atoms with Crippen LogP contribution in [0.3, 0.4) is 0 Å². The summed E-state index contributed by atoms with van der Waals surface area (Å²) < 4.78 is 60.2. The number of hydrogen-bond acceptors (Lipinski definition) is 7. The van der Waals surface area contributed by atoms with Crippen molar-refractivity contribution in [3.63, 3.8) is 0 Å². The van der Waals surface area contributed by atoms with Crippen molar-refractivity contribution < 1.29 is 93.7 Å². The minimum Gasteiger partial charge on any atom is -0.724 e. The fourth-order valence-corrected chi connectivity index (χ4v) is 0.622. The van der Waals surface area contributed by atoms with Gasteiger partial charge in [0.05, 0.1) is 0 Å². The summed E-state index contributed by atoms with van der Waals surface area (Å²) >= 11 is 0.